The molecule has 2 aromatic heterocycles. The van der Waals surface area contributed by atoms with E-state index in [4.69, 9.17) is 32.9 Å². The van der Waals surface area contributed by atoms with Crippen molar-refractivity contribution in [3.63, 3.8) is 0 Å². The minimum atomic E-state index is -2.36. The van der Waals surface area contributed by atoms with Crippen molar-refractivity contribution in [3.8, 4) is 16.9 Å². The molecule has 22 heteroatoms. The van der Waals surface area contributed by atoms with Gasteiger partial charge in [-0.25, -0.2) is 29.0 Å². The predicted octanol–water partition coefficient (Wildman–Crippen LogP) is 9.38. The fraction of sp³-hybridized carbons (Fsp3) is 0.647. The van der Waals surface area contributed by atoms with Gasteiger partial charge < -0.3 is 48.7 Å². The van der Waals surface area contributed by atoms with Gasteiger partial charge in [-0.3, -0.25) is 5.32 Å². The molecule has 0 radical (unpaired) electrons. The number of aromatic nitrogens is 3. The summed E-state index contributed by atoms with van der Waals surface area (Å²) in [5.41, 5.74) is -3.14. The van der Waals surface area contributed by atoms with Crippen LogP contribution in [0.2, 0.25) is 18.1 Å². The minimum absolute atomic E-state index is 0.0612. The molecule has 1 aliphatic heterocycles. The molecule has 0 fully saturated rings. The lowest BCUT2D eigenvalue weighted by Crippen LogP contribution is -2.54. The van der Waals surface area contributed by atoms with Crippen LogP contribution in [0.1, 0.15) is 135 Å². The van der Waals surface area contributed by atoms with Crippen molar-refractivity contribution in [2.24, 2.45) is 5.16 Å². The van der Waals surface area contributed by atoms with Crippen LogP contribution >= 0.6 is 11.3 Å². The molecule has 20 nitrogen and oxygen atoms in total. The predicted molar refractivity (Wildman–Crippen MR) is 279 cm³/mol. The Labute approximate surface area is 435 Å². The molecule has 4 rings (SSSR count). The third-order valence-electron chi connectivity index (χ3n) is 11.3. The first-order valence-corrected chi connectivity index (χ1v) is 28.3. The summed E-state index contributed by atoms with van der Waals surface area (Å²) in [4.78, 5) is 74.5. The van der Waals surface area contributed by atoms with E-state index in [0.717, 1.165) is 28.0 Å². The van der Waals surface area contributed by atoms with E-state index in [1.54, 1.807) is 41.5 Å². The average molecular weight is 1060 g/mol. The lowest BCUT2D eigenvalue weighted by Gasteiger charge is -2.39. The third kappa shape index (κ3) is 18.6. The highest BCUT2D eigenvalue weighted by molar-refractivity contribution is 7.14. The minimum Gasteiger partial charge on any atom is -0.485 e. The van der Waals surface area contributed by atoms with Crippen molar-refractivity contribution >= 4 is 60.7 Å². The van der Waals surface area contributed by atoms with E-state index >= 15 is 0 Å². The molecule has 0 saturated heterocycles. The largest absolute Gasteiger partial charge is 0.485 e. The van der Waals surface area contributed by atoms with Gasteiger partial charge in [0.05, 0.1) is 17.9 Å². The lowest BCUT2D eigenvalue weighted by molar-refractivity contribution is -0.775. The Bertz CT molecular complexity index is 2470. The number of carbonyl (C=O) groups excluding carboxylic acids is 4. The molecule has 3 heterocycles. The number of nitrogens with zero attached hydrogens (tertiary/aromatic N) is 4. The fourth-order valence-corrected chi connectivity index (χ4v) is 8.96. The number of nitrogens with one attached hydrogen (secondary N) is 3. The summed E-state index contributed by atoms with van der Waals surface area (Å²) in [6.07, 6.45) is 2.08. The Morgan fingerprint density at radius 2 is 1.44 bits per heavy atom. The number of carboxylic acid groups (broad SMARTS) is 1. The second-order valence-corrected chi connectivity index (χ2v) is 29.4. The topological polar surface area (TPSA) is 240 Å². The van der Waals surface area contributed by atoms with Crippen LogP contribution in [0.4, 0.5) is 19.5 Å². The highest BCUT2D eigenvalue weighted by Gasteiger charge is 2.51. The number of anilines is 1. The number of esters is 1. The monoisotopic (exact) mass is 1060 g/mol. The number of benzene rings is 1. The lowest BCUT2D eigenvalue weighted by atomic mass is 9.89. The Kier molecular flexibility index (Phi) is 19.0. The maximum atomic E-state index is 14.1. The first-order valence-electron chi connectivity index (χ1n) is 24.5. The zero-order chi connectivity index (χ0) is 55.1. The molecule has 3 unspecified atom stereocenters. The van der Waals surface area contributed by atoms with E-state index in [2.05, 4.69) is 69.3 Å². The number of fused-ring (bicyclic) bond motifs is 1. The van der Waals surface area contributed by atoms with Crippen molar-refractivity contribution in [2.75, 3.05) is 18.4 Å². The van der Waals surface area contributed by atoms with Gasteiger partial charge in [0.25, 0.3) is 5.60 Å². The normalized spacial score (nSPS) is 15.9. The number of alkyl carbamates (subject to hydrolysis) is 2. The Morgan fingerprint density at radius 3 is 2.01 bits per heavy atom. The molecule has 73 heavy (non-hydrogen) atoms. The molecular formula is C51H80N7O13SSi+. The number of aliphatic carboxylic acids is 1. The summed E-state index contributed by atoms with van der Waals surface area (Å²) in [7, 11) is -2.36. The van der Waals surface area contributed by atoms with Crippen LogP contribution in [0, 0.1) is 0 Å². The van der Waals surface area contributed by atoms with E-state index in [-0.39, 0.29) is 28.8 Å². The highest BCUT2D eigenvalue weighted by Crippen LogP contribution is 2.39. The number of ether oxygens (including phenoxy) is 5. The van der Waals surface area contributed by atoms with Crippen molar-refractivity contribution < 1.29 is 66.7 Å². The Hall–Kier alpha value is -5.74. The van der Waals surface area contributed by atoms with E-state index in [0.29, 0.717) is 38.2 Å². The van der Waals surface area contributed by atoms with Crippen molar-refractivity contribution in [2.45, 2.75) is 201 Å². The number of amides is 3. The van der Waals surface area contributed by atoms with E-state index < -0.39 is 84.5 Å². The fourth-order valence-electron chi connectivity index (χ4n) is 6.93. The molecule has 0 aliphatic carbocycles. The number of hydrogen-bond acceptors (Lipinski definition) is 15. The third-order valence-corrected chi connectivity index (χ3v) is 16.6. The first kappa shape index (κ1) is 59.8. The molecular weight excluding hydrogens is 979 g/mol. The first-order chi connectivity index (χ1) is 33.3. The SMILES string of the molecule is CC(C)(C)OC(=O)NCCC[n+]1cc(-c2ccc3c(c2)CCC(C(C)(O/N=C(\C(=O)O)c2csc(NC(=O)OC(C)(C)C)n2)C(=O)OC(C)(C)C)O3)cn1CC(CNC(=O)OC(C)(C)C)O[Si](C)(C)C(C)(C)C. The quantitative estimate of drug-likeness (QED) is 0.0177. The summed E-state index contributed by atoms with van der Waals surface area (Å²) >= 11 is 0.953. The number of rotatable bonds is 18. The molecule has 4 N–H and O–H groups in total. The number of hydrogen-bond donors (Lipinski definition) is 4. The van der Waals surface area contributed by atoms with Crippen LogP contribution in [-0.2, 0) is 57.3 Å². The van der Waals surface area contributed by atoms with E-state index in [1.807, 2.05) is 72.1 Å². The molecule has 406 valence electrons. The molecule has 3 atom stereocenters. The van der Waals surface area contributed by atoms with Gasteiger partial charge in [-0.2, -0.15) is 4.68 Å². The molecule has 3 aromatic rings. The van der Waals surface area contributed by atoms with Crippen LogP contribution in [-0.4, -0.2) is 112 Å². The molecule has 1 aliphatic rings. The maximum absolute atomic E-state index is 14.1. The number of oxime groups is 1. The zero-order valence-corrected chi connectivity index (χ0v) is 47.9. The van der Waals surface area contributed by atoms with Gasteiger partial charge in [-0.05, 0) is 144 Å². The summed E-state index contributed by atoms with van der Waals surface area (Å²) in [5.74, 6) is -1.84. The number of carbonyl (C=O) groups is 5. The van der Waals surface area contributed by atoms with Crippen LogP contribution in [0.5, 0.6) is 5.75 Å². The zero-order valence-electron chi connectivity index (χ0n) is 46.1. The van der Waals surface area contributed by atoms with Gasteiger partial charge in [-0.15, -0.1) is 16.0 Å². The van der Waals surface area contributed by atoms with Gasteiger partial charge in [-0.1, -0.05) is 32.0 Å². The van der Waals surface area contributed by atoms with Crippen molar-refractivity contribution in [1.82, 2.24) is 20.3 Å². The molecule has 0 saturated carbocycles. The average Bonchev–Trinajstić information content (AvgIpc) is 3.84. The smallest absolute Gasteiger partial charge is 0.413 e. The van der Waals surface area contributed by atoms with E-state index in [9.17, 15) is 29.1 Å². The second kappa shape index (κ2) is 23.2. The van der Waals surface area contributed by atoms with Crippen LogP contribution in [0.3, 0.4) is 0 Å². The van der Waals surface area contributed by atoms with Crippen LogP contribution in [0.15, 0.2) is 41.1 Å². The molecule has 0 bridgehead atoms. The number of aryl methyl sites for hydroxylation is 2. The molecule has 1 aromatic carbocycles. The summed E-state index contributed by atoms with van der Waals surface area (Å²) in [6.45, 7) is 34.8. The van der Waals surface area contributed by atoms with Gasteiger partial charge in [0.1, 0.15) is 40.4 Å². The molecule has 0 spiro atoms. The van der Waals surface area contributed by atoms with Gasteiger partial charge in [0.2, 0.25) is 11.9 Å². The van der Waals surface area contributed by atoms with Crippen molar-refractivity contribution in [1.29, 1.82) is 0 Å². The maximum Gasteiger partial charge on any atom is 0.413 e. The second-order valence-electron chi connectivity index (χ2n) is 23.7. The van der Waals surface area contributed by atoms with Crippen LogP contribution in [0.25, 0.3) is 11.1 Å². The van der Waals surface area contributed by atoms with Gasteiger partial charge >= 0.3 is 30.2 Å². The Morgan fingerprint density at radius 1 is 0.849 bits per heavy atom. The van der Waals surface area contributed by atoms with Gasteiger partial charge in [0, 0.05) is 24.9 Å². The van der Waals surface area contributed by atoms with Gasteiger partial charge in [0.15, 0.2) is 26.1 Å². The van der Waals surface area contributed by atoms with Crippen molar-refractivity contribution in [3.05, 3.63) is 47.2 Å². The standard InChI is InChI=1S/C51H79N7O13SSi/c1-46(2,3)66-41(61)51(16,71-56-39(40(59)60)36-31-72-42(54-36)55-45(64)69-49(10,11)12)38-23-21-33-26-32(20-22-37(33)65-38)34-28-57(25-19-24-52-43(62)67-47(4,5)6)58(29-34)30-35(70-73(17,18)50(13,14)15)27-53-44(63)68-48(7,8)9/h20,22,26,28-29,31,35,38H,19,21,23-25,27,30H2,1-18H3,(H3-,52,53,54,55,59,60,62,63,64)/p+1/b56-39-. The number of thiazole rings is 1. The van der Waals surface area contributed by atoms with Crippen LogP contribution < -0.4 is 25.4 Å². The highest BCUT2D eigenvalue weighted by atomic mass is 32.1. The summed E-state index contributed by atoms with van der Waals surface area (Å²) in [5, 5.41) is 23.8. The summed E-state index contributed by atoms with van der Waals surface area (Å²) in [6, 6.07) is 5.73. The summed E-state index contributed by atoms with van der Waals surface area (Å²) < 4.78 is 39.7. The Balaban J connectivity index is 1.67. The molecule has 3 amide bonds. The van der Waals surface area contributed by atoms with E-state index in [1.165, 1.54) is 12.3 Å². The number of carboxylic acids is 1.